The highest BCUT2D eigenvalue weighted by Crippen LogP contribution is 2.33. The van der Waals surface area contributed by atoms with E-state index in [1.165, 1.54) is 6.20 Å². The van der Waals surface area contributed by atoms with Gasteiger partial charge in [-0.15, -0.1) is 0 Å². The van der Waals surface area contributed by atoms with Crippen LogP contribution in [0.2, 0.25) is 0 Å². The van der Waals surface area contributed by atoms with E-state index in [1.807, 2.05) is 0 Å². The first-order chi connectivity index (χ1) is 12.5. The summed E-state index contributed by atoms with van der Waals surface area (Å²) in [6.45, 7) is 3.43. The van der Waals surface area contributed by atoms with E-state index in [2.05, 4.69) is 21.8 Å². The van der Waals surface area contributed by atoms with Gasteiger partial charge >= 0.3 is 10.1 Å². The minimum absolute atomic E-state index is 0.101. The van der Waals surface area contributed by atoms with Crippen molar-refractivity contribution in [2.24, 2.45) is 0 Å². The number of pyridine rings is 1. The second kappa shape index (κ2) is 6.62. The average molecular weight is 373 g/mol. The first-order valence-electron chi connectivity index (χ1n) is 8.32. The molecule has 3 heterocycles. The average Bonchev–Trinajstić information content (AvgIpc) is 3.11. The lowest BCUT2D eigenvalue weighted by Gasteiger charge is -2.34. The fraction of sp³-hybridized carbons (Fsp3) is 0.278. The van der Waals surface area contributed by atoms with E-state index in [9.17, 15) is 8.42 Å². The van der Waals surface area contributed by atoms with Crippen molar-refractivity contribution in [3.63, 3.8) is 0 Å². The van der Waals surface area contributed by atoms with Gasteiger partial charge in [-0.2, -0.15) is 8.42 Å². The summed E-state index contributed by atoms with van der Waals surface area (Å²) < 4.78 is 36.3. The topological polar surface area (TPSA) is 75.9 Å². The van der Waals surface area contributed by atoms with Crippen molar-refractivity contribution in [2.45, 2.75) is 4.90 Å². The van der Waals surface area contributed by atoms with Gasteiger partial charge in [0.15, 0.2) is 11.3 Å². The molecule has 1 aliphatic heterocycles. The third-order valence-electron chi connectivity index (χ3n) is 4.48. The summed E-state index contributed by atoms with van der Waals surface area (Å²) in [7, 11) is -1.90. The minimum Gasteiger partial charge on any atom is -0.462 e. The summed E-state index contributed by atoms with van der Waals surface area (Å²) in [5.74, 6) is 0.181. The Hall–Kier alpha value is -2.58. The highest BCUT2D eigenvalue weighted by atomic mass is 32.2. The Morgan fingerprint density at radius 1 is 1.15 bits per heavy atom. The molecule has 0 unspecified atom stereocenters. The zero-order valence-corrected chi connectivity index (χ0v) is 15.1. The van der Waals surface area contributed by atoms with Crippen LogP contribution in [0.5, 0.6) is 5.75 Å². The number of hydrogen-bond donors (Lipinski definition) is 0. The maximum absolute atomic E-state index is 12.7. The van der Waals surface area contributed by atoms with Crippen LogP contribution < -0.4 is 9.08 Å². The van der Waals surface area contributed by atoms with Crippen LogP contribution in [0.1, 0.15) is 0 Å². The van der Waals surface area contributed by atoms with Crippen LogP contribution in [-0.2, 0) is 10.1 Å². The predicted octanol–water partition coefficient (Wildman–Crippen LogP) is 2.35. The van der Waals surface area contributed by atoms with Gasteiger partial charge in [0.25, 0.3) is 0 Å². The monoisotopic (exact) mass is 373 g/mol. The summed E-state index contributed by atoms with van der Waals surface area (Å²) >= 11 is 0. The van der Waals surface area contributed by atoms with Gasteiger partial charge in [0, 0.05) is 37.8 Å². The maximum Gasteiger partial charge on any atom is 0.339 e. The van der Waals surface area contributed by atoms with Crippen molar-refractivity contribution < 1.29 is 17.0 Å². The number of piperazine rings is 1. The molecule has 0 spiro atoms. The fourth-order valence-corrected chi connectivity index (χ4v) is 4.01. The number of likely N-dealkylation sites (N-methyl/N-ethyl adjacent to an activating group) is 1. The van der Waals surface area contributed by atoms with E-state index in [0.717, 1.165) is 37.3 Å². The zero-order valence-electron chi connectivity index (χ0n) is 14.3. The normalized spacial score (nSPS) is 16.1. The van der Waals surface area contributed by atoms with Crippen molar-refractivity contribution in [1.29, 1.82) is 0 Å². The van der Waals surface area contributed by atoms with Gasteiger partial charge in [-0.25, -0.2) is 0 Å². The highest BCUT2D eigenvalue weighted by molar-refractivity contribution is 7.87. The number of hydrogen-bond acceptors (Lipinski definition) is 7. The van der Waals surface area contributed by atoms with Crippen LogP contribution in [0.3, 0.4) is 0 Å². The third-order valence-corrected chi connectivity index (χ3v) is 5.70. The second-order valence-corrected chi connectivity index (χ2v) is 7.84. The number of fused-ring (bicyclic) bond motifs is 1. The van der Waals surface area contributed by atoms with Crippen molar-refractivity contribution in [3.8, 4) is 5.75 Å². The number of aromatic nitrogens is 1. The summed E-state index contributed by atoms with van der Waals surface area (Å²) in [6.07, 6.45) is 4.50. The number of benzene rings is 1. The van der Waals surface area contributed by atoms with Gasteiger partial charge in [-0.3, -0.25) is 4.98 Å². The van der Waals surface area contributed by atoms with Crippen molar-refractivity contribution in [3.05, 3.63) is 49.0 Å². The lowest BCUT2D eigenvalue weighted by Crippen LogP contribution is -2.44. The Labute approximate surface area is 151 Å². The van der Waals surface area contributed by atoms with Crippen LogP contribution >= 0.6 is 0 Å². The van der Waals surface area contributed by atoms with E-state index in [1.54, 1.807) is 42.8 Å². The number of rotatable bonds is 4. The molecule has 8 heteroatoms. The molecule has 3 aromatic rings. The lowest BCUT2D eigenvalue weighted by molar-refractivity contribution is 0.312. The molecular weight excluding hydrogens is 354 g/mol. The quantitative estimate of drug-likeness (QED) is 0.650. The highest BCUT2D eigenvalue weighted by Gasteiger charge is 2.24. The Morgan fingerprint density at radius 3 is 2.69 bits per heavy atom. The van der Waals surface area contributed by atoms with E-state index in [0.29, 0.717) is 5.58 Å². The zero-order chi connectivity index (χ0) is 18.1. The molecule has 7 nitrogen and oxygen atoms in total. The van der Waals surface area contributed by atoms with Gasteiger partial charge in [-0.05, 0) is 37.4 Å². The molecular formula is C18H19N3O4S. The molecule has 0 aliphatic carbocycles. The van der Waals surface area contributed by atoms with Crippen LogP contribution in [0.15, 0.2) is 58.3 Å². The molecule has 0 saturated carbocycles. The summed E-state index contributed by atoms with van der Waals surface area (Å²) in [4.78, 5) is 8.37. The fourth-order valence-electron chi connectivity index (χ4n) is 3.03. The molecule has 1 aromatic carbocycles. The molecule has 0 bridgehead atoms. The molecule has 136 valence electrons. The molecule has 0 atom stereocenters. The van der Waals surface area contributed by atoms with E-state index in [-0.39, 0.29) is 10.6 Å². The Balaban J connectivity index is 1.74. The summed E-state index contributed by atoms with van der Waals surface area (Å²) in [5.41, 5.74) is 1.46. The van der Waals surface area contributed by atoms with Crippen molar-refractivity contribution in [1.82, 2.24) is 9.88 Å². The lowest BCUT2D eigenvalue weighted by atomic mass is 10.2. The molecule has 0 amide bonds. The maximum atomic E-state index is 12.7. The summed E-state index contributed by atoms with van der Waals surface area (Å²) in [5, 5.41) is 0.731. The SMILES string of the molecule is CN1CCN(c2cc(S(=O)(=O)Oc3cccnc3)cc3ccoc23)CC1. The van der Waals surface area contributed by atoms with Gasteiger partial charge in [0.1, 0.15) is 4.90 Å². The van der Waals surface area contributed by atoms with Gasteiger partial charge in [0.2, 0.25) is 0 Å². The van der Waals surface area contributed by atoms with Gasteiger partial charge in [0.05, 0.1) is 18.1 Å². The molecule has 0 radical (unpaired) electrons. The Morgan fingerprint density at radius 2 is 1.96 bits per heavy atom. The van der Waals surface area contributed by atoms with Gasteiger partial charge < -0.3 is 18.4 Å². The van der Waals surface area contributed by atoms with Crippen LogP contribution in [0.25, 0.3) is 11.0 Å². The molecule has 26 heavy (non-hydrogen) atoms. The standard InChI is InChI=1S/C18H19N3O4S/c1-20-6-8-21(9-7-20)17-12-16(11-14-4-10-24-18(14)17)26(22,23)25-15-3-2-5-19-13-15/h2-5,10-13H,6-9H2,1H3. The van der Waals surface area contributed by atoms with Crippen molar-refractivity contribution >= 4 is 26.8 Å². The molecule has 1 saturated heterocycles. The molecule has 1 fully saturated rings. The van der Waals surface area contributed by atoms with Gasteiger partial charge in [-0.1, -0.05) is 0 Å². The third kappa shape index (κ3) is 3.25. The molecule has 0 N–H and O–H groups in total. The molecule has 4 rings (SSSR count). The van der Waals surface area contributed by atoms with Crippen LogP contribution in [-0.4, -0.2) is 51.5 Å². The number of anilines is 1. The molecule has 2 aromatic heterocycles. The smallest absolute Gasteiger partial charge is 0.339 e. The largest absolute Gasteiger partial charge is 0.462 e. The molecule has 1 aliphatic rings. The second-order valence-electron chi connectivity index (χ2n) is 6.30. The van der Waals surface area contributed by atoms with Crippen molar-refractivity contribution in [2.75, 3.05) is 38.1 Å². The van der Waals surface area contributed by atoms with E-state index >= 15 is 0 Å². The van der Waals surface area contributed by atoms with E-state index in [4.69, 9.17) is 8.60 Å². The van der Waals surface area contributed by atoms with E-state index < -0.39 is 10.1 Å². The Kier molecular flexibility index (Phi) is 4.29. The van der Waals surface area contributed by atoms with Crippen LogP contribution in [0, 0.1) is 0 Å². The predicted molar refractivity (Wildman–Crippen MR) is 98.0 cm³/mol. The summed E-state index contributed by atoms with van der Waals surface area (Å²) in [6, 6.07) is 8.15. The first kappa shape index (κ1) is 16.9. The first-order valence-corrected chi connectivity index (χ1v) is 9.73. The Bertz CT molecular complexity index is 1010. The van der Waals surface area contributed by atoms with Crippen LogP contribution in [0.4, 0.5) is 5.69 Å². The minimum atomic E-state index is -3.97. The number of nitrogens with zero attached hydrogens (tertiary/aromatic N) is 3. The number of furan rings is 1.